The fourth-order valence-electron chi connectivity index (χ4n) is 1.62. The van der Waals surface area contributed by atoms with Crippen LogP contribution in [0.15, 0.2) is 49.6 Å². The molecule has 0 radical (unpaired) electrons. The Balaban J connectivity index is 2.82. The van der Waals surface area contributed by atoms with Gasteiger partial charge in [-0.3, -0.25) is 15.0 Å². The maximum Gasteiger partial charge on any atom is 0.415 e. The van der Waals surface area contributed by atoms with Crippen molar-refractivity contribution in [3.05, 3.63) is 49.6 Å². The summed E-state index contributed by atoms with van der Waals surface area (Å²) in [7, 11) is 0. The van der Waals surface area contributed by atoms with Gasteiger partial charge in [0.2, 0.25) is 0 Å². The average Bonchev–Trinajstić information content (AvgIpc) is 2.56. The van der Waals surface area contributed by atoms with Gasteiger partial charge in [-0.25, -0.2) is 9.59 Å². The van der Waals surface area contributed by atoms with Crippen molar-refractivity contribution in [3.8, 4) is 0 Å². The number of ether oxygens (including phenoxy) is 2. The predicted octanol–water partition coefficient (Wildman–Crippen LogP) is 2.63. The summed E-state index contributed by atoms with van der Waals surface area (Å²) < 4.78 is 9.62. The molecule has 0 aliphatic carbocycles. The third-order valence-corrected chi connectivity index (χ3v) is 2.60. The maximum atomic E-state index is 11.9. The van der Waals surface area contributed by atoms with Gasteiger partial charge in [0, 0.05) is 11.4 Å². The molecule has 0 atom stereocenters. The summed E-state index contributed by atoms with van der Waals surface area (Å²) >= 11 is 0. The third-order valence-electron chi connectivity index (χ3n) is 2.60. The van der Waals surface area contributed by atoms with Crippen LogP contribution in [0, 0.1) is 0 Å². The number of rotatable bonds is 8. The van der Waals surface area contributed by atoms with Gasteiger partial charge in [-0.15, -0.1) is 0 Å². The number of carbonyl (C=O) groups is 3. The highest BCUT2D eigenvalue weighted by Gasteiger charge is 2.20. The quantitative estimate of drug-likeness (QED) is 0.708. The van der Waals surface area contributed by atoms with Crippen molar-refractivity contribution in [3.63, 3.8) is 0 Å². The van der Waals surface area contributed by atoms with Crippen LogP contribution in [0.25, 0.3) is 0 Å². The van der Waals surface area contributed by atoms with E-state index >= 15 is 0 Å². The number of anilines is 2. The van der Waals surface area contributed by atoms with E-state index < -0.39 is 24.7 Å². The molecule has 24 heavy (non-hydrogen) atoms. The minimum atomic E-state index is -1.19. The molecule has 0 aliphatic rings. The lowest BCUT2D eigenvalue weighted by Gasteiger charge is -2.20. The van der Waals surface area contributed by atoms with Crippen molar-refractivity contribution in [1.82, 2.24) is 0 Å². The summed E-state index contributed by atoms with van der Waals surface area (Å²) in [5.74, 6) is -1.19. The molecule has 1 aromatic carbocycles. The molecule has 0 fully saturated rings. The van der Waals surface area contributed by atoms with Crippen molar-refractivity contribution >= 4 is 29.5 Å². The Labute approximate surface area is 139 Å². The number of carboxylic acid groups (broad SMARTS) is 1. The van der Waals surface area contributed by atoms with Gasteiger partial charge in [-0.2, -0.15) is 0 Å². The van der Waals surface area contributed by atoms with Crippen molar-refractivity contribution in [2.24, 2.45) is 0 Å². The van der Waals surface area contributed by atoms with Gasteiger partial charge in [0.1, 0.15) is 19.8 Å². The Morgan fingerprint density at radius 3 is 2.21 bits per heavy atom. The first-order valence-corrected chi connectivity index (χ1v) is 6.89. The second-order valence-corrected chi connectivity index (χ2v) is 4.40. The fraction of sp³-hybridized carbons (Fsp3) is 0.188. The number of nitrogens with zero attached hydrogens (tertiary/aromatic N) is 1. The Morgan fingerprint density at radius 2 is 1.67 bits per heavy atom. The van der Waals surface area contributed by atoms with Crippen molar-refractivity contribution < 1.29 is 29.0 Å². The molecule has 8 heteroatoms. The molecule has 1 aromatic rings. The fourth-order valence-corrected chi connectivity index (χ4v) is 1.62. The zero-order valence-electron chi connectivity index (χ0n) is 12.9. The van der Waals surface area contributed by atoms with Gasteiger partial charge < -0.3 is 14.6 Å². The Kier molecular flexibility index (Phi) is 7.56. The zero-order valence-corrected chi connectivity index (χ0v) is 12.9. The molecular formula is C16H18N2O6. The van der Waals surface area contributed by atoms with E-state index in [1.807, 2.05) is 0 Å². The molecule has 1 rings (SSSR count). The van der Waals surface area contributed by atoms with Gasteiger partial charge in [0.25, 0.3) is 0 Å². The molecule has 2 N–H and O–H groups in total. The normalized spacial score (nSPS) is 9.50. The predicted molar refractivity (Wildman–Crippen MR) is 88.1 cm³/mol. The minimum absolute atomic E-state index is 0.0380. The Hall–Kier alpha value is -3.29. The number of hydrogen-bond acceptors (Lipinski definition) is 5. The van der Waals surface area contributed by atoms with Crippen LogP contribution in [0.1, 0.15) is 0 Å². The topological polar surface area (TPSA) is 105 Å². The van der Waals surface area contributed by atoms with Gasteiger partial charge in [0.15, 0.2) is 0 Å². The smallest absolute Gasteiger partial charge is 0.415 e. The van der Waals surface area contributed by atoms with Crippen LogP contribution in [0.2, 0.25) is 0 Å². The minimum Gasteiger partial charge on any atom is -0.480 e. The number of amides is 2. The van der Waals surface area contributed by atoms with Crippen LogP contribution in [0.3, 0.4) is 0 Å². The summed E-state index contributed by atoms with van der Waals surface area (Å²) in [6.07, 6.45) is 1.33. The lowest BCUT2D eigenvalue weighted by atomic mass is 10.2. The number of carbonyl (C=O) groups excluding carboxylic acids is 2. The second-order valence-electron chi connectivity index (χ2n) is 4.40. The Morgan fingerprint density at radius 1 is 1.08 bits per heavy atom. The third kappa shape index (κ3) is 6.22. The Bertz CT molecular complexity index is 611. The summed E-state index contributed by atoms with van der Waals surface area (Å²) in [4.78, 5) is 35.2. The van der Waals surface area contributed by atoms with Crippen LogP contribution in [-0.4, -0.2) is 43.0 Å². The SMILES string of the molecule is C=CCOC(=O)Nc1ccc(N(CC(=O)O)C(=O)OCC=C)cc1. The van der Waals surface area contributed by atoms with Crippen LogP contribution in [-0.2, 0) is 14.3 Å². The maximum absolute atomic E-state index is 11.9. The van der Waals surface area contributed by atoms with Gasteiger partial charge >= 0.3 is 18.2 Å². The molecule has 128 valence electrons. The highest BCUT2D eigenvalue weighted by atomic mass is 16.6. The van der Waals surface area contributed by atoms with E-state index in [4.69, 9.17) is 14.6 Å². The molecule has 8 nitrogen and oxygen atoms in total. The number of aliphatic carboxylic acids is 1. The van der Waals surface area contributed by atoms with E-state index in [1.54, 1.807) is 0 Å². The highest BCUT2D eigenvalue weighted by Crippen LogP contribution is 2.19. The van der Waals surface area contributed by atoms with Crippen LogP contribution in [0.5, 0.6) is 0 Å². The number of benzene rings is 1. The lowest BCUT2D eigenvalue weighted by molar-refractivity contribution is -0.135. The average molecular weight is 334 g/mol. The molecule has 2 amide bonds. The zero-order chi connectivity index (χ0) is 17.9. The first kappa shape index (κ1) is 18.8. The highest BCUT2D eigenvalue weighted by molar-refractivity contribution is 5.93. The molecule has 0 spiro atoms. The van der Waals surface area contributed by atoms with E-state index in [0.717, 1.165) is 4.90 Å². The van der Waals surface area contributed by atoms with Gasteiger partial charge in [-0.05, 0) is 24.3 Å². The summed E-state index contributed by atoms with van der Waals surface area (Å²) in [6, 6.07) is 5.95. The summed E-state index contributed by atoms with van der Waals surface area (Å²) in [5, 5.41) is 11.4. The molecule has 0 aliphatic heterocycles. The molecule has 0 saturated heterocycles. The summed E-state index contributed by atoms with van der Waals surface area (Å²) in [6.45, 7) is 6.31. The number of carboxylic acids is 1. The number of hydrogen-bond donors (Lipinski definition) is 2. The molecule has 0 saturated carbocycles. The van der Waals surface area contributed by atoms with Gasteiger partial charge in [0.05, 0.1) is 0 Å². The monoisotopic (exact) mass is 334 g/mol. The largest absolute Gasteiger partial charge is 0.480 e. The van der Waals surface area contributed by atoms with Gasteiger partial charge in [-0.1, -0.05) is 25.3 Å². The van der Waals surface area contributed by atoms with E-state index in [2.05, 4.69) is 18.5 Å². The summed E-state index contributed by atoms with van der Waals surface area (Å²) in [5.41, 5.74) is 0.721. The lowest BCUT2D eigenvalue weighted by Crippen LogP contribution is -2.36. The van der Waals surface area contributed by atoms with Crippen molar-refractivity contribution in [1.29, 1.82) is 0 Å². The van der Waals surface area contributed by atoms with E-state index in [-0.39, 0.29) is 13.2 Å². The number of nitrogens with one attached hydrogen (secondary N) is 1. The van der Waals surface area contributed by atoms with E-state index in [0.29, 0.717) is 11.4 Å². The second kappa shape index (κ2) is 9.67. The molecule has 0 heterocycles. The molecule has 0 aromatic heterocycles. The van der Waals surface area contributed by atoms with E-state index in [9.17, 15) is 14.4 Å². The van der Waals surface area contributed by atoms with Crippen molar-refractivity contribution in [2.45, 2.75) is 0 Å². The van der Waals surface area contributed by atoms with Crippen LogP contribution < -0.4 is 10.2 Å². The van der Waals surface area contributed by atoms with E-state index in [1.165, 1.54) is 36.4 Å². The van der Waals surface area contributed by atoms with Crippen molar-refractivity contribution in [2.75, 3.05) is 30.0 Å². The first-order valence-electron chi connectivity index (χ1n) is 6.89. The standard InChI is InChI=1S/C16H18N2O6/c1-3-9-23-15(21)17-12-5-7-13(8-6-12)18(11-14(19)20)16(22)24-10-4-2/h3-8H,1-2,9-11H2,(H,17,21)(H,19,20). The molecule has 0 bridgehead atoms. The van der Waals surface area contributed by atoms with Crippen LogP contribution >= 0.6 is 0 Å². The first-order chi connectivity index (χ1) is 11.5. The molecule has 0 unspecified atom stereocenters. The van der Waals surface area contributed by atoms with Crippen LogP contribution in [0.4, 0.5) is 21.0 Å². The molecular weight excluding hydrogens is 316 g/mol.